The highest BCUT2D eigenvalue weighted by Gasteiger charge is 2.14. The molecule has 0 spiro atoms. The maximum atomic E-state index is 11.9. The second kappa shape index (κ2) is 5.91. The van der Waals surface area contributed by atoms with E-state index in [0.29, 0.717) is 0 Å². The lowest BCUT2D eigenvalue weighted by molar-refractivity contribution is -0.127. The monoisotopic (exact) mass is 299 g/mol. The number of nitrogens with zero attached hydrogens (tertiary/aromatic N) is 1. The third-order valence-corrected chi connectivity index (χ3v) is 3.61. The summed E-state index contributed by atoms with van der Waals surface area (Å²) in [6.07, 6.45) is 1.03. The van der Waals surface area contributed by atoms with E-state index in [1.807, 2.05) is 0 Å². The van der Waals surface area contributed by atoms with Gasteiger partial charge in [-0.05, 0) is 18.2 Å². The summed E-state index contributed by atoms with van der Waals surface area (Å²) < 4.78 is 22.9. The van der Waals surface area contributed by atoms with Crippen LogP contribution in [0.3, 0.4) is 0 Å². The molecule has 0 heterocycles. The number of hydrogen-bond donors (Lipinski definition) is 2. The molecule has 1 aromatic carbocycles. The van der Waals surface area contributed by atoms with Crippen molar-refractivity contribution in [1.82, 2.24) is 10.2 Å². The van der Waals surface area contributed by atoms with Crippen molar-refractivity contribution in [3.63, 3.8) is 0 Å². The van der Waals surface area contributed by atoms with Crippen LogP contribution in [-0.4, -0.2) is 52.0 Å². The molecular weight excluding hydrogens is 282 g/mol. The van der Waals surface area contributed by atoms with Crippen molar-refractivity contribution in [3.05, 3.63) is 23.8 Å². The number of anilines is 1. The molecule has 0 radical (unpaired) electrons. The first kappa shape index (κ1) is 16.0. The first-order valence-corrected chi connectivity index (χ1v) is 7.59. The van der Waals surface area contributed by atoms with Crippen molar-refractivity contribution in [2.45, 2.75) is 4.90 Å². The van der Waals surface area contributed by atoms with Gasteiger partial charge in [0.1, 0.15) is 0 Å². The zero-order valence-electron chi connectivity index (χ0n) is 11.5. The largest absolute Gasteiger partial charge is 0.399 e. The van der Waals surface area contributed by atoms with Gasteiger partial charge in [0.05, 0.1) is 11.4 Å². The molecule has 0 aliphatic rings. The van der Waals surface area contributed by atoms with Crippen molar-refractivity contribution >= 4 is 27.3 Å². The molecule has 20 heavy (non-hydrogen) atoms. The predicted molar refractivity (Wildman–Crippen MR) is 75.0 cm³/mol. The van der Waals surface area contributed by atoms with E-state index in [1.54, 1.807) is 14.1 Å². The number of sulfone groups is 1. The highest BCUT2D eigenvalue weighted by Crippen LogP contribution is 2.16. The molecule has 0 saturated heterocycles. The summed E-state index contributed by atoms with van der Waals surface area (Å²) >= 11 is 0. The van der Waals surface area contributed by atoms with Gasteiger partial charge in [-0.1, -0.05) is 0 Å². The Labute approximate surface area is 117 Å². The van der Waals surface area contributed by atoms with Crippen LogP contribution in [0.15, 0.2) is 23.1 Å². The summed E-state index contributed by atoms with van der Waals surface area (Å²) in [6, 6.07) is 3.85. The molecule has 0 saturated carbocycles. The van der Waals surface area contributed by atoms with E-state index in [0.717, 1.165) is 6.26 Å². The van der Waals surface area contributed by atoms with Crippen molar-refractivity contribution in [2.24, 2.45) is 0 Å². The highest BCUT2D eigenvalue weighted by molar-refractivity contribution is 7.90. The molecule has 0 fully saturated rings. The molecule has 7 nitrogen and oxygen atoms in total. The van der Waals surface area contributed by atoms with Crippen molar-refractivity contribution in [2.75, 3.05) is 32.6 Å². The van der Waals surface area contributed by atoms with E-state index in [1.165, 1.54) is 23.1 Å². The minimum atomic E-state index is -3.46. The Hall–Kier alpha value is -2.09. The molecule has 0 aliphatic heterocycles. The van der Waals surface area contributed by atoms with Gasteiger partial charge in [0.15, 0.2) is 9.84 Å². The minimum Gasteiger partial charge on any atom is -0.399 e. The molecule has 1 aromatic rings. The van der Waals surface area contributed by atoms with Gasteiger partial charge in [0.25, 0.3) is 5.91 Å². The lowest BCUT2D eigenvalue weighted by Gasteiger charge is -2.11. The maximum absolute atomic E-state index is 11.9. The number of nitrogens with two attached hydrogens (primary N) is 1. The smallest absolute Gasteiger partial charge is 0.251 e. The highest BCUT2D eigenvalue weighted by atomic mass is 32.2. The second-order valence-corrected chi connectivity index (χ2v) is 6.55. The van der Waals surface area contributed by atoms with Crippen LogP contribution in [0.5, 0.6) is 0 Å². The lowest BCUT2D eigenvalue weighted by Crippen LogP contribution is -2.36. The van der Waals surface area contributed by atoms with E-state index in [9.17, 15) is 18.0 Å². The van der Waals surface area contributed by atoms with Gasteiger partial charge in [-0.25, -0.2) is 8.42 Å². The Morgan fingerprint density at radius 2 is 1.85 bits per heavy atom. The zero-order valence-corrected chi connectivity index (χ0v) is 12.3. The fourth-order valence-electron chi connectivity index (χ4n) is 1.38. The maximum Gasteiger partial charge on any atom is 0.251 e. The molecule has 0 unspecified atom stereocenters. The molecule has 0 bridgehead atoms. The molecular formula is C12H17N3O4S. The van der Waals surface area contributed by atoms with Crippen LogP contribution in [0.2, 0.25) is 0 Å². The number of benzene rings is 1. The average Bonchev–Trinajstić information content (AvgIpc) is 2.33. The van der Waals surface area contributed by atoms with E-state index < -0.39 is 15.7 Å². The number of nitrogen functional groups attached to an aromatic ring is 1. The Morgan fingerprint density at radius 1 is 1.25 bits per heavy atom. The predicted octanol–water partition coefficient (Wildman–Crippen LogP) is -0.510. The SMILES string of the molecule is CN(C)C(=O)CNC(=O)c1cc(N)cc(S(C)(=O)=O)c1. The van der Waals surface area contributed by atoms with Crippen LogP contribution in [0.25, 0.3) is 0 Å². The molecule has 1 rings (SSSR count). The van der Waals surface area contributed by atoms with Crippen LogP contribution < -0.4 is 11.1 Å². The summed E-state index contributed by atoms with van der Waals surface area (Å²) in [5.74, 6) is -0.831. The Morgan fingerprint density at radius 3 is 2.35 bits per heavy atom. The number of nitrogens with one attached hydrogen (secondary N) is 1. The molecule has 0 aliphatic carbocycles. The van der Waals surface area contributed by atoms with Crippen molar-refractivity contribution in [3.8, 4) is 0 Å². The molecule has 0 atom stereocenters. The van der Waals surface area contributed by atoms with Gasteiger partial charge in [0.2, 0.25) is 5.91 Å². The fraction of sp³-hybridized carbons (Fsp3) is 0.333. The quantitative estimate of drug-likeness (QED) is 0.728. The standard InChI is InChI=1S/C12H17N3O4S/c1-15(2)11(16)7-14-12(17)8-4-9(13)6-10(5-8)20(3,18)19/h4-6H,7,13H2,1-3H3,(H,14,17). The molecule has 0 aromatic heterocycles. The van der Waals surface area contributed by atoms with E-state index in [4.69, 9.17) is 5.73 Å². The van der Waals surface area contributed by atoms with Crippen LogP contribution in [0, 0.1) is 0 Å². The number of rotatable bonds is 4. The van der Waals surface area contributed by atoms with Gasteiger partial charge in [-0.3, -0.25) is 9.59 Å². The van der Waals surface area contributed by atoms with E-state index >= 15 is 0 Å². The molecule has 8 heteroatoms. The van der Waals surface area contributed by atoms with E-state index in [2.05, 4.69) is 5.32 Å². The van der Waals surface area contributed by atoms with Gasteiger partial charge >= 0.3 is 0 Å². The summed E-state index contributed by atoms with van der Waals surface area (Å²) in [4.78, 5) is 24.5. The lowest BCUT2D eigenvalue weighted by atomic mass is 10.2. The van der Waals surface area contributed by atoms with E-state index in [-0.39, 0.29) is 28.6 Å². The number of carbonyl (C=O) groups excluding carboxylic acids is 2. The first-order chi connectivity index (χ1) is 9.11. The Kier molecular flexibility index (Phi) is 4.72. The minimum absolute atomic E-state index is 0.0402. The van der Waals surface area contributed by atoms with Crippen LogP contribution >= 0.6 is 0 Å². The molecule has 110 valence electrons. The average molecular weight is 299 g/mol. The number of likely N-dealkylation sites (N-methyl/N-ethyl adjacent to an activating group) is 1. The summed E-state index contributed by atoms with van der Waals surface area (Å²) in [5, 5.41) is 2.41. The van der Waals surface area contributed by atoms with Gasteiger partial charge in [-0.15, -0.1) is 0 Å². The normalized spacial score (nSPS) is 10.9. The van der Waals surface area contributed by atoms with Gasteiger partial charge in [-0.2, -0.15) is 0 Å². The number of hydrogen-bond acceptors (Lipinski definition) is 5. The first-order valence-electron chi connectivity index (χ1n) is 5.70. The Bertz CT molecular complexity index is 638. The van der Waals surface area contributed by atoms with Gasteiger partial charge < -0.3 is 16.0 Å². The fourth-order valence-corrected chi connectivity index (χ4v) is 2.07. The summed E-state index contributed by atoms with van der Waals surface area (Å²) in [6.45, 7) is -0.172. The zero-order chi connectivity index (χ0) is 15.5. The Balaban J connectivity index is 2.94. The van der Waals surface area contributed by atoms with Crippen molar-refractivity contribution in [1.29, 1.82) is 0 Å². The summed E-state index contributed by atoms with van der Waals surface area (Å²) in [5.41, 5.74) is 5.84. The second-order valence-electron chi connectivity index (χ2n) is 4.53. The van der Waals surface area contributed by atoms with Crippen LogP contribution in [0.1, 0.15) is 10.4 Å². The third kappa shape index (κ3) is 4.23. The molecule has 2 amide bonds. The van der Waals surface area contributed by atoms with Crippen LogP contribution in [0.4, 0.5) is 5.69 Å². The summed E-state index contributed by atoms with van der Waals surface area (Å²) in [7, 11) is -0.329. The molecule has 3 N–H and O–H groups in total. The van der Waals surface area contributed by atoms with Gasteiger partial charge in [0, 0.05) is 31.6 Å². The van der Waals surface area contributed by atoms with Crippen molar-refractivity contribution < 1.29 is 18.0 Å². The number of amides is 2. The van der Waals surface area contributed by atoms with Crippen LogP contribution in [-0.2, 0) is 14.6 Å². The number of carbonyl (C=O) groups is 2. The topological polar surface area (TPSA) is 110 Å². The third-order valence-electron chi connectivity index (χ3n) is 2.52.